The number of nitrogens with one attached hydrogen (secondary N) is 1. The average Bonchev–Trinajstić information content (AvgIpc) is 2.75. The van der Waals surface area contributed by atoms with Crippen LogP contribution < -0.4 is 4.72 Å². The van der Waals surface area contributed by atoms with E-state index >= 15 is 0 Å². The van der Waals surface area contributed by atoms with E-state index in [0.717, 1.165) is 29.6 Å². The van der Waals surface area contributed by atoms with Gasteiger partial charge >= 0.3 is 5.97 Å². The predicted octanol–water partition coefficient (Wildman–Crippen LogP) is 0.424. The lowest BCUT2D eigenvalue weighted by molar-refractivity contribution is -0.155. The number of aryl methyl sites for hydroxylation is 1. The zero-order valence-electron chi connectivity index (χ0n) is 10.0. The van der Waals surface area contributed by atoms with Crippen LogP contribution in [0.3, 0.4) is 0 Å². The number of carboxylic acids is 1. The molecule has 0 aliphatic rings. The van der Waals surface area contributed by atoms with Crippen molar-refractivity contribution < 1.29 is 23.4 Å². The summed E-state index contributed by atoms with van der Waals surface area (Å²) in [7, 11) is -3.77. The molecule has 0 spiro atoms. The molecule has 0 amide bonds. The molecule has 1 heterocycles. The van der Waals surface area contributed by atoms with Crippen LogP contribution in [0.15, 0.2) is 16.3 Å². The van der Waals surface area contributed by atoms with E-state index in [1.54, 1.807) is 6.07 Å². The molecular weight excluding hydrogens is 278 g/mol. The van der Waals surface area contributed by atoms with E-state index in [1.165, 1.54) is 6.07 Å². The molecule has 0 aliphatic carbocycles. The highest BCUT2D eigenvalue weighted by Gasteiger charge is 2.32. The van der Waals surface area contributed by atoms with Gasteiger partial charge in [-0.3, -0.25) is 0 Å². The quantitative estimate of drug-likeness (QED) is 0.705. The van der Waals surface area contributed by atoms with Crippen LogP contribution in [0.4, 0.5) is 0 Å². The largest absolute Gasteiger partial charge is 0.479 e. The van der Waals surface area contributed by atoms with Gasteiger partial charge in [-0.05, 0) is 25.5 Å². The van der Waals surface area contributed by atoms with Crippen LogP contribution >= 0.6 is 11.3 Å². The summed E-state index contributed by atoms with van der Waals surface area (Å²) in [6.45, 7) is 2.36. The molecule has 1 atom stereocenters. The molecule has 102 valence electrons. The lowest BCUT2D eigenvalue weighted by Crippen LogP contribution is -2.46. The molecule has 0 saturated heterocycles. The zero-order valence-corrected chi connectivity index (χ0v) is 11.6. The van der Waals surface area contributed by atoms with Crippen LogP contribution in [0.5, 0.6) is 0 Å². The Morgan fingerprint density at radius 3 is 2.56 bits per heavy atom. The summed E-state index contributed by atoms with van der Waals surface area (Å²) in [6, 6.07) is 3.16. The van der Waals surface area contributed by atoms with Gasteiger partial charge in [-0.15, -0.1) is 11.3 Å². The molecule has 0 aliphatic heterocycles. The van der Waals surface area contributed by atoms with Crippen LogP contribution in [-0.4, -0.2) is 36.7 Å². The van der Waals surface area contributed by atoms with Gasteiger partial charge in [0.1, 0.15) is 4.21 Å². The summed E-state index contributed by atoms with van der Waals surface area (Å²) >= 11 is 1.12. The minimum atomic E-state index is -3.77. The third kappa shape index (κ3) is 3.52. The fourth-order valence-corrected chi connectivity index (χ4v) is 3.55. The molecular formula is C10H15NO5S2. The normalized spacial score (nSPS) is 15.3. The maximum absolute atomic E-state index is 11.8. The van der Waals surface area contributed by atoms with Crippen molar-refractivity contribution >= 4 is 27.3 Å². The SMILES string of the molecule is CCc1ccc(S(=O)(=O)NCC(C)(O)C(=O)O)s1. The van der Waals surface area contributed by atoms with Gasteiger partial charge in [0.25, 0.3) is 0 Å². The summed E-state index contributed by atoms with van der Waals surface area (Å²) in [6.07, 6.45) is 0.729. The molecule has 8 heteroatoms. The van der Waals surface area contributed by atoms with Crippen LogP contribution in [0.2, 0.25) is 0 Å². The first-order chi connectivity index (χ1) is 8.19. The fourth-order valence-electron chi connectivity index (χ4n) is 1.07. The van der Waals surface area contributed by atoms with Gasteiger partial charge < -0.3 is 10.2 Å². The number of aliphatic carboxylic acids is 1. The van der Waals surface area contributed by atoms with E-state index < -0.39 is 28.1 Å². The van der Waals surface area contributed by atoms with E-state index in [-0.39, 0.29) is 4.21 Å². The summed E-state index contributed by atoms with van der Waals surface area (Å²) in [5.74, 6) is -1.48. The van der Waals surface area contributed by atoms with E-state index in [2.05, 4.69) is 4.72 Å². The number of carboxylic acid groups (broad SMARTS) is 1. The Bertz CT molecular complexity index is 532. The van der Waals surface area contributed by atoms with Crippen LogP contribution in [-0.2, 0) is 21.2 Å². The Morgan fingerprint density at radius 2 is 2.11 bits per heavy atom. The van der Waals surface area contributed by atoms with Gasteiger partial charge in [-0.1, -0.05) is 6.92 Å². The monoisotopic (exact) mass is 293 g/mol. The van der Waals surface area contributed by atoms with Crippen molar-refractivity contribution in [2.75, 3.05) is 6.54 Å². The van der Waals surface area contributed by atoms with Gasteiger partial charge in [-0.2, -0.15) is 0 Å². The first-order valence-electron chi connectivity index (χ1n) is 5.23. The molecule has 6 nitrogen and oxygen atoms in total. The maximum Gasteiger partial charge on any atom is 0.336 e. The second-order valence-electron chi connectivity index (χ2n) is 3.98. The van der Waals surface area contributed by atoms with Gasteiger partial charge in [-0.25, -0.2) is 17.9 Å². The van der Waals surface area contributed by atoms with Gasteiger partial charge in [0.15, 0.2) is 5.60 Å². The van der Waals surface area contributed by atoms with E-state index in [4.69, 9.17) is 5.11 Å². The lowest BCUT2D eigenvalue weighted by atomic mass is 10.1. The highest BCUT2D eigenvalue weighted by molar-refractivity contribution is 7.91. The molecule has 1 aromatic heterocycles. The van der Waals surface area contributed by atoms with Gasteiger partial charge in [0, 0.05) is 4.88 Å². The molecule has 3 N–H and O–H groups in total. The first-order valence-corrected chi connectivity index (χ1v) is 7.53. The highest BCUT2D eigenvalue weighted by atomic mass is 32.2. The smallest absolute Gasteiger partial charge is 0.336 e. The number of thiophene rings is 1. The Labute approximate surface area is 109 Å². The molecule has 0 radical (unpaired) electrons. The van der Waals surface area contributed by atoms with Crippen molar-refractivity contribution in [3.05, 3.63) is 17.0 Å². The highest BCUT2D eigenvalue weighted by Crippen LogP contribution is 2.21. The van der Waals surface area contributed by atoms with Crippen molar-refractivity contribution in [1.29, 1.82) is 0 Å². The minimum Gasteiger partial charge on any atom is -0.479 e. The van der Waals surface area contributed by atoms with Crippen LogP contribution in [0, 0.1) is 0 Å². The first kappa shape index (κ1) is 15.1. The van der Waals surface area contributed by atoms with Crippen LogP contribution in [0.25, 0.3) is 0 Å². The second-order valence-corrected chi connectivity index (χ2v) is 7.14. The average molecular weight is 293 g/mol. The summed E-state index contributed by atoms with van der Waals surface area (Å²) in [5, 5.41) is 18.1. The topological polar surface area (TPSA) is 104 Å². The summed E-state index contributed by atoms with van der Waals surface area (Å²) in [4.78, 5) is 11.6. The fraction of sp³-hybridized carbons (Fsp3) is 0.500. The Hall–Kier alpha value is -0.960. The Balaban J connectivity index is 2.80. The maximum atomic E-state index is 11.8. The number of sulfonamides is 1. The number of rotatable bonds is 6. The predicted molar refractivity (Wildman–Crippen MR) is 67.1 cm³/mol. The van der Waals surface area contributed by atoms with E-state index in [1.807, 2.05) is 6.92 Å². The molecule has 1 rings (SSSR count). The molecule has 18 heavy (non-hydrogen) atoms. The lowest BCUT2D eigenvalue weighted by Gasteiger charge is -2.17. The molecule has 1 aromatic rings. The van der Waals surface area contributed by atoms with Crippen molar-refractivity contribution in [2.45, 2.75) is 30.1 Å². The summed E-state index contributed by atoms with van der Waals surface area (Å²) in [5.41, 5.74) is -2.13. The summed E-state index contributed by atoms with van der Waals surface area (Å²) < 4.78 is 25.8. The Morgan fingerprint density at radius 1 is 1.50 bits per heavy atom. The standard InChI is InChI=1S/C10H15NO5S2/c1-3-7-4-5-8(17-7)18(15,16)11-6-10(2,14)9(12)13/h4-5,11,14H,3,6H2,1-2H3,(H,12,13). The third-order valence-corrected chi connectivity index (χ3v) is 5.44. The molecule has 0 aromatic carbocycles. The van der Waals surface area contributed by atoms with Crippen molar-refractivity contribution in [2.24, 2.45) is 0 Å². The van der Waals surface area contributed by atoms with Crippen molar-refractivity contribution in [1.82, 2.24) is 4.72 Å². The molecule has 0 fully saturated rings. The number of hydrogen-bond donors (Lipinski definition) is 3. The zero-order chi connectivity index (χ0) is 14.0. The minimum absolute atomic E-state index is 0.112. The number of aliphatic hydroxyl groups is 1. The van der Waals surface area contributed by atoms with Crippen molar-refractivity contribution in [3.8, 4) is 0 Å². The van der Waals surface area contributed by atoms with Gasteiger partial charge in [0.2, 0.25) is 10.0 Å². The molecule has 1 unspecified atom stereocenters. The third-order valence-electron chi connectivity index (χ3n) is 2.32. The molecule has 0 bridgehead atoms. The second kappa shape index (κ2) is 5.35. The van der Waals surface area contributed by atoms with Gasteiger partial charge in [0.05, 0.1) is 6.54 Å². The van der Waals surface area contributed by atoms with Crippen LogP contribution in [0.1, 0.15) is 18.7 Å². The van der Waals surface area contributed by atoms with E-state index in [9.17, 15) is 18.3 Å². The number of hydrogen-bond acceptors (Lipinski definition) is 5. The number of carbonyl (C=O) groups is 1. The van der Waals surface area contributed by atoms with E-state index in [0.29, 0.717) is 0 Å². The van der Waals surface area contributed by atoms with Crippen molar-refractivity contribution in [3.63, 3.8) is 0 Å². The Kier molecular flexibility index (Phi) is 4.49. The molecule has 0 saturated carbocycles.